The van der Waals surface area contributed by atoms with Crippen LogP contribution in [0.3, 0.4) is 0 Å². The first-order valence-corrected chi connectivity index (χ1v) is 6.67. The van der Waals surface area contributed by atoms with Gasteiger partial charge in [-0.2, -0.15) is 0 Å². The summed E-state index contributed by atoms with van der Waals surface area (Å²) in [5.41, 5.74) is 1.22. The highest BCUT2D eigenvalue weighted by molar-refractivity contribution is 5.38. The summed E-state index contributed by atoms with van der Waals surface area (Å²) in [6.45, 7) is 9.61. The molecule has 0 aromatic carbocycles. The fourth-order valence-electron chi connectivity index (χ4n) is 1.76. The van der Waals surface area contributed by atoms with Crippen molar-refractivity contribution in [3.8, 4) is 0 Å². The van der Waals surface area contributed by atoms with E-state index in [1.165, 1.54) is 5.56 Å². The third-order valence-corrected chi connectivity index (χ3v) is 2.95. The van der Waals surface area contributed by atoms with Crippen molar-refractivity contribution in [2.45, 2.75) is 26.8 Å². The quantitative estimate of drug-likeness (QED) is 0.719. The summed E-state index contributed by atoms with van der Waals surface area (Å²) in [6.07, 6.45) is 1.94. The number of hydrogen-bond acceptors (Lipinski definition) is 4. The van der Waals surface area contributed by atoms with Gasteiger partial charge in [-0.25, -0.2) is 4.98 Å². The summed E-state index contributed by atoms with van der Waals surface area (Å²) in [7, 11) is 2.04. The van der Waals surface area contributed by atoms with Crippen molar-refractivity contribution < 1.29 is 4.74 Å². The van der Waals surface area contributed by atoms with Gasteiger partial charge in [0, 0.05) is 32.4 Å². The van der Waals surface area contributed by atoms with E-state index in [2.05, 4.69) is 41.2 Å². The number of likely N-dealkylation sites (N-methyl/N-ethyl adjacent to an activating group) is 1. The Balaban J connectivity index is 2.53. The Morgan fingerprint density at radius 3 is 2.72 bits per heavy atom. The number of nitrogens with zero attached hydrogens (tertiary/aromatic N) is 2. The first kappa shape index (κ1) is 14.9. The molecule has 1 atom stereocenters. The van der Waals surface area contributed by atoms with Crippen LogP contribution in [0.25, 0.3) is 0 Å². The highest BCUT2D eigenvalue weighted by atomic mass is 16.5. The molecule has 4 heteroatoms. The summed E-state index contributed by atoms with van der Waals surface area (Å²) in [6, 6.07) is 4.55. The van der Waals surface area contributed by atoms with Gasteiger partial charge in [-0.15, -0.1) is 0 Å². The zero-order valence-electron chi connectivity index (χ0n) is 11.9. The summed E-state index contributed by atoms with van der Waals surface area (Å²) in [5.74, 6) is 0.988. The van der Waals surface area contributed by atoms with Crippen molar-refractivity contribution in [2.75, 3.05) is 38.3 Å². The Labute approximate surface area is 110 Å². The lowest BCUT2D eigenvalue weighted by Crippen LogP contribution is -2.24. The largest absolute Gasteiger partial charge is 0.380 e. The van der Waals surface area contributed by atoms with Gasteiger partial charge in [0.2, 0.25) is 0 Å². The minimum atomic E-state index is 0.352. The van der Waals surface area contributed by atoms with Crippen LogP contribution in [0.5, 0.6) is 0 Å². The first-order chi connectivity index (χ1) is 8.69. The van der Waals surface area contributed by atoms with Gasteiger partial charge in [-0.3, -0.25) is 0 Å². The molecule has 1 aromatic rings. The molecule has 4 nitrogen and oxygen atoms in total. The zero-order chi connectivity index (χ0) is 13.4. The van der Waals surface area contributed by atoms with Crippen molar-refractivity contribution in [1.29, 1.82) is 0 Å². The van der Waals surface area contributed by atoms with Crippen molar-refractivity contribution in [3.05, 3.63) is 23.9 Å². The highest BCUT2D eigenvalue weighted by Crippen LogP contribution is 2.14. The molecule has 1 rings (SSSR count). The van der Waals surface area contributed by atoms with Gasteiger partial charge in [-0.05, 0) is 32.0 Å². The van der Waals surface area contributed by atoms with Crippen LogP contribution in [-0.2, 0) is 4.74 Å². The molecule has 0 fully saturated rings. The standard InChI is InChI=1S/C14H25N3O/c1-5-15-12(3)13-7-8-14(16-11-13)17(4)9-10-18-6-2/h7-8,11-12,15H,5-6,9-10H2,1-4H3. The van der Waals surface area contributed by atoms with E-state index in [1.54, 1.807) is 0 Å². The third-order valence-electron chi connectivity index (χ3n) is 2.95. The molecular formula is C14H25N3O. The number of ether oxygens (including phenoxy) is 1. The van der Waals surface area contributed by atoms with E-state index in [0.717, 1.165) is 32.1 Å². The zero-order valence-corrected chi connectivity index (χ0v) is 11.9. The van der Waals surface area contributed by atoms with Crippen LogP contribution in [0.15, 0.2) is 18.3 Å². The second-order valence-corrected chi connectivity index (χ2v) is 4.35. The summed E-state index contributed by atoms with van der Waals surface area (Å²) < 4.78 is 5.34. The number of anilines is 1. The predicted octanol–water partition coefficient (Wildman–Crippen LogP) is 2.22. The van der Waals surface area contributed by atoms with Crippen molar-refractivity contribution in [1.82, 2.24) is 10.3 Å². The number of aromatic nitrogens is 1. The summed E-state index contributed by atoms with van der Waals surface area (Å²) in [4.78, 5) is 6.60. The van der Waals surface area contributed by atoms with Gasteiger partial charge in [0.05, 0.1) is 6.61 Å². The molecule has 0 radical (unpaired) electrons. The Kier molecular flexibility index (Phi) is 6.68. The molecule has 102 valence electrons. The Bertz CT molecular complexity index is 326. The molecule has 0 aliphatic heterocycles. The molecule has 18 heavy (non-hydrogen) atoms. The van der Waals surface area contributed by atoms with E-state index < -0.39 is 0 Å². The lowest BCUT2D eigenvalue weighted by atomic mass is 10.1. The molecule has 0 aliphatic carbocycles. The minimum absolute atomic E-state index is 0.352. The van der Waals surface area contributed by atoms with E-state index in [4.69, 9.17) is 4.74 Å². The molecule has 1 aromatic heterocycles. The maximum atomic E-state index is 5.34. The topological polar surface area (TPSA) is 37.4 Å². The minimum Gasteiger partial charge on any atom is -0.380 e. The first-order valence-electron chi connectivity index (χ1n) is 6.67. The average molecular weight is 251 g/mol. The summed E-state index contributed by atoms with van der Waals surface area (Å²) in [5, 5.41) is 3.38. The maximum absolute atomic E-state index is 5.34. The van der Waals surface area contributed by atoms with E-state index >= 15 is 0 Å². The lowest BCUT2D eigenvalue weighted by Gasteiger charge is -2.19. The molecule has 1 heterocycles. The fraction of sp³-hybridized carbons (Fsp3) is 0.643. The van der Waals surface area contributed by atoms with Gasteiger partial charge in [0.1, 0.15) is 5.82 Å². The molecule has 0 bridgehead atoms. The SMILES string of the molecule is CCNC(C)c1ccc(N(C)CCOCC)nc1. The van der Waals surface area contributed by atoms with Crippen molar-refractivity contribution in [3.63, 3.8) is 0 Å². The van der Waals surface area contributed by atoms with Crippen LogP contribution in [0.4, 0.5) is 5.82 Å². The molecule has 1 N–H and O–H groups in total. The van der Waals surface area contributed by atoms with Crippen LogP contribution in [-0.4, -0.2) is 38.3 Å². The molecule has 0 saturated heterocycles. The van der Waals surface area contributed by atoms with E-state index in [-0.39, 0.29) is 0 Å². The molecule has 0 spiro atoms. The van der Waals surface area contributed by atoms with Gasteiger partial charge < -0.3 is 15.0 Å². The fourth-order valence-corrected chi connectivity index (χ4v) is 1.76. The second kappa shape index (κ2) is 8.06. The lowest BCUT2D eigenvalue weighted by molar-refractivity contribution is 0.154. The predicted molar refractivity (Wildman–Crippen MR) is 76.1 cm³/mol. The van der Waals surface area contributed by atoms with Gasteiger partial charge in [0.15, 0.2) is 0 Å². The van der Waals surface area contributed by atoms with Crippen LogP contribution >= 0.6 is 0 Å². The number of pyridine rings is 1. The molecule has 1 unspecified atom stereocenters. The van der Waals surface area contributed by atoms with Gasteiger partial charge in [0.25, 0.3) is 0 Å². The van der Waals surface area contributed by atoms with Crippen molar-refractivity contribution in [2.24, 2.45) is 0 Å². The van der Waals surface area contributed by atoms with Crippen LogP contribution < -0.4 is 10.2 Å². The normalized spacial score (nSPS) is 12.4. The molecule has 0 aliphatic rings. The Morgan fingerprint density at radius 1 is 1.39 bits per heavy atom. The van der Waals surface area contributed by atoms with Crippen LogP contribution in [0, 0.1) is 0 Å². The molecular weight excluding hydrogens is 226 g/mol. The summed E-state index contributed by atoms with van der Waals surface area (Å²) >= 11 is 0. The maximum Gasteiger partial charge on any atom is 0.128 e. The van der Waals surface area contributed by atoms with Crippen LogP contribution in [0.1, 0.15) is 32.4 Å². The van der Waals surface area contributed by atoms with E-state index in [0.29, 0.717) is 6.04 Å². The van der Waals surface area contributed by atoms with E-state index in [9.17, 15) is 0 Å². The van der Waals surface area contributed by atoms with Gasteiger partial charge in [-0.1, -0.05) is 13.0 Å². The van der Waals surface area contributed by atoms with Gasteiger partial charge >= 0.3 is 0 Å². The second-order valence-electron chi connectivity index (χ2n) is 4.35. The molecule has 0 saturated carbocycles. The number of rotatable bonds is 8. The van der Waals surface area contributed by atoms with E-state index in [1.807, 2.05) is 20.2 Å². The number of hydrogen-bond donors (Lipinski definition) is 1. The van der Waals surface area contributed by atoms with Crippen molar-refractivity contribution >= 4 is 5.82 Å². The average Bonchev–Trinajstić information content (AvgIpc) is 2.39. The monoisotopic (exact) mass is 251 g/mol. The third kappa shape index (κ3) is 4.63. The Morgan fingerprint density at radius 2 is 2.17 bits per heavy atom. The smallest absolute Gasteiger partial charge is 0.128 e. The number of nitrogens with one attached hydrogen (secondary N) is 1. The highest BCUT2D eigenvalue weighted by Gasteiger charge is 2.06. The molecule has 0 amide bonds. The van der Waals surface area contributed by atoms with Crippen LogP contribution in [0.2, 0.25) is 0 Å². The Hall–Kier alpha value is -1.13.